The quantitative estimate of drug-likeness (QED) is 0.853. The summed E-state index contributed by atoms with van der Waals surface area (Å²) in [7, 11) is 1.98. The number of aromatic nitrogens is 2. The van der Waals surface area contributed by atoms with E-state index in [1.54, 1.807) is 18.0 Å². The summed E-state index contributed by atoms with van der Waals surface area (Å²) in [6.45, 7) is 2.35. The highest BCUT2D eigenvalue weighted by molar-refractivity contribution is 7.99. The average molecular weight is 330 g/mol. The number of thioether (sulfide) groups is 1. The zero-order valence-corrected chi connectivity index (χ0v) is 14.1. The van der Waals surface area contributed by atoms with Crippen molar-refractivity contribution in [3.63, 3.8) is 0 Å². The summed E-state index contributed by atoms with van der Waals surface area (Å²) in [4.78, 5) is 20.3. The van der Waals surface area contributed by atoms with Gasteiger partial charge in [-0.1, -0.05) is 18.2 Å². The van der Waals surface area contributed by atoms with Crippen molar-refractivity contribution in [2.24, 2.45) is 7.05 Å². The molecule has 0 saturated carbocycles. The smallest absolute Gasteiger partial charge is 0.224 e. The minimum Gasteiger partial charge on any atom is -0.336 e. The van der Waals surface area contributed by atoms with Crippen LogP contribution in [0.5, 0.6) is 0 Å². The van der Waals surface area contributed by atoms with Crippen molar-refractivity contribution >= 4 is 17.7 Å². The second kappa shape index (κ2) is 7.66. The van der Waals surface area contributed by atoms with Crippen LogP contribution in [0, 0.1) is 0 Å². The Labute approximate surface area is 141 Å². The molecule has 23 heavy (non-hydrogen) atoms. The van der Waals surface area contributed by atoms with E-state index in [0.717, 1.165) is 31.2 Å². The highest BCUT2D eigenvalue weighted by atomic mass is 32.2. The van der Waals surface area contributed by atoms with Gasteiger partial charge in [0.05, 0.1) is 0 Å². The van der Waals surface area contributed by atoms with Gasteiger partial charge in [0.2, 0.25) is 5.91 Å². The third kappa shape index (κ3) is 3.95. The number of hydrogen-bond donors (Lipinski definition) is 1. The molecular formula is C17H22N4OS. The van der Waals surface area contributed by atoms with Crippen molar-refractivity contribution in [1.29, 1.82) is 0 Å². The lowest BCUT2D eigenvalue weighted by Gasteiger charge is -2.35. The van der Waals surface area contributed by atoms with Crippen molar-refractivity contribution in [3.05, 3.63) is 48.5 Å². The summed E-state index contributed by atoms with van der Waals surface area (Å²) in [5.74, 6) is 1.96. The van der Waals surface area contributed by atoms with Crippen LogP contribution < -0.4 is 5.32 Å². The summed E-state index contributed by atoms with van der Waals surface area (Å²) >= 11 is 1.73. The van der Waals surface area contributed by atoms with Crippen LogP contribution in [0.2, 0.25) is 0 Å². The zero-order chi connectivity index (χ0) is 16.1. The van der Waals surface area contributed by atoms with E-state index in [9.17, 15) is 4.79 Å². The normalized spacial score (nSPS) is 18.1. The predicted molar refractivity (Wildman–Crippen MR) is 92.3 cm³/mol. The van der Waals surface area contributed by atoms with Crippen LogP contribution in [0.25, 0.3) is 0 Å². The Kier molecular flexibility index (Phi) is 5.35. The minimum atomic E-state index is 0.0259. The first kappa shape index (κ1) is 16.1. The molecule has 3 rings (SSSR count). The molecule has 0 aliphatic carbocycles. The Bertz CT molecular complexity index is 643. The van der Waals surface area contributed by atoms with E-state index >= 15 is 0 Å². The van der Waals surface area contributed by atoms with Crippen molar-refractivity contribution < 1.29 is 4.79 Å². The molecule has 6 heteroatoms. The van der Waals surface area contributed by atoms with Crippen molar-refractivity contribution in [3.8, 4) is 0 Å². The lowest BCUT2D eigenvalue weighted by molar-refractivity contribution is -0.134. The first-order chi connectivity index (χ1) is 11.3. The van der Waals surface area contributed by atoms with E-state index < -0.39 is 0 Å². The Hall–Kier alpha value is -1.79. The van der Waals surface area contributed by atoms with Crippen LogP contribution in [-0.2, 0) is 11.8 Å². The molecule has 1 atom stereocenters. The summed E-state index contributed by atoms with van der Waals surface area (Å²) in [6, 6.07) is 10.2. The Morgan fingerprint density at radius 1 is 1.39 bits per heavy atom. The highest BCUT2D eigenvalue weighted by Crippen LogP contribution is 2.23. The van der Waals surface area contributed by atoms with E-state index in [1.165, 1.54) is 4.90 Å². The fourth-order valence-electron chi connectivity index (χ4n) is 2.85. The minimum absolute atomic E-state index is 0.0259. The summed E-state index contributed by atoms with van der Waals surface area (Å²) in [5, 5.41) is 3.36. The van der Waals surface area contributed by atoms with Crippen LogP contribution in [0.1, 0.15) is 18.3 Å². The lowest BCUT2D eigenvalue weighted by atomic mass is 10.1. The Morgan fingerprint density at radius 3 is 2.96 bits per heavy atom. The molecule has 1 fully saturated rings. The number of imidazole rings is 1. The first-order valence-corrected chi connectivity index (χ1v) is 8.89. The summed E-state index contributed by atoms with van der Waals surface area (Å²) in [6.07, 6.45) is 4.27. The fraction of sp³-hybridized carbons (Fsp3) is 0.412. The standard InChI is InChI=1S/C17H22N4OS/c1-20-10-9-19-17(20)15-13-18-8-11-21(15)16(22)7-12-23-14-5-3-2-4-6-14/h2-6,9-10,15,18H,7-8,11-13H2,1H3. The average Bonchev–Trinajstić information content (AvgIpc) is 3.01. The largest absolute Gasteiger partial charge is 0.336 e. The highest BCUT2D eigenvalue weighted by Gasteiger charge is 2.29. The molecule has 1 aromatic carbocycles. The monoisotopic (exact) mass is 330 g/mol. The predicted octanol–water partition coefficient (Wildman–Crippen LogP) is 2.08. The zero-order valence-electron chi connectivity index (χ0n) is 13.3. The van der Waals surface area contributed by atoms with E-state index in [0.29, 0.717) is 6.42 Å². The molecule has 0 radical (unpaired) electrons. The molecule has 1 unspecified atom stereocenters. The van der Waals surface area contributed by atoms with Gasteiger partial charge in [-0.25, -0.2) is 4.98 Å². The van der Waals surface area contributed by atoms with Crippen LogP contribution in [-0.4, -0.2) is 45.7 Å². The van der Waals surface area contributed by atoms with Crippen molar-refractivity contribution in [2.75, 3.05) is 25.4 Å². The molecule has 1 amide bonds. The number of carbonyl (C=O) groups is 1. The number of carbonyl (C=O) groups excluding carboxylic acids is 1. The number of nitrogens with zero attached hydrogens (tertiary/aromatic N) is 3. The molecule has 5 nitrogen and oxygen atoms in total. The van der Waals surface area contributed by atoms with Gasteiger partial charge in [-0.15, -0.1) is 11.8 Å². The molecule has 1 aliphatic rings. The molecule has 1 N–H and O–H groups in total. The number of rotatable bonds is 5. The SMILES string of the molecule is Cn1ccnc1C1CNCCN1C(=O)CCSc1ccccc1. The third-order valence-electron chi connectivity index (χ3n) is 4.05. The number of hydrogen-bond acceptors (Lipinski definition) is 4. The molecule has 1 aromatic heterocycles. The van der Waals surface area contributed by atoms with Gasteiger partial charge in [-0.05, 0) is 12.1 Å². The number of aryl methyl sites for hydroxylation is 1. The maximum Gasteiger partial charge on any atom is 0.224 e. The second-order valence-electron chi connectivity index (χ2n) is 5.61. The van der Waals surface area contributed by atoms with E-state index in [1.807, 2.05) is 40.9 Å². The molecule has 0 spiro atoms. The third-order valence-corrected chi connectivity index (χ3v) is 5.06. The van der Waals surface area contributed by atoms with Crippen LogP contribution >= 0.6 is 11.8 Å². The maximum absolute atomic E-state index is 12.7. The van der Waals surface area contributed by atoms with Crippen molar-refractivity contribution in [2.45, 2.75) is 17.4 Å². The first-order valence-electron chi connectivity index (χ1n) is 7.91. The fourth-order valence-corrected chi connectivity index (χ4v) is 3.71. The second-order valence-corrected chi connectivity index (χ2v) is 6.78. The summed E-state index contributed by atoms with van der Waals surface area (Å²) in [5.41, 5.74) is 0. The number of benzene rings is 1. The van der Waals surface area contributed by atoms with Crippen LogP contribution in [0.15, 0.2) is 47.6 Å². The van der Waals surface area contributed by atoms with Gasteiger partial charge >= 0.3 is 0 Å². The van der Waals surface area contributed by atoms with Crippen LogP contribution in [0.3, 0.4) is 0 Å². The molecule has 1 saturated heterocycles. The van der Waals surface area contributed by atoms with Gasteiger partial charge in [0.1, 0.15) is 11.9 Å². The molecule has 0 bridgehead atoms. The van der Waals surface area contributed by atoms with Gasteiger partial charge in [-0.2, -0.15) is 0 Å². The number of amides is 1. The topological polar surface area (TPSA) is 50.2 Å². The molecule has 1 aliphatic heterocycles. The van der Waals surface area contributed by atoms with Gasteiger partial charge < -0.3 is 14.8 Å². The molecule has 2 aromatic rings. The van der Waals surface area contributed by atoms with Gasteiger partial charge in [0.15, 0.2) is 0 Å². The van der Waals surface area contributed by atoms with Gasteiger partial charge in [0, 0.05) is 56.1 Å². The number of nitrogens with one attached hydrogen (secondary N) is 1. The Morgan fingerprint density at radius 2 is 2.22 bits per heavy atom. The molecule has 122 valence electrons. The van der Waals surface area contributed by atoms with Gasteiger partial charge in [-0.3, -0.25) is 4.79 Å². The Balaban J connectivity index is 1.59. The lowest BCUT2D eigenvalue weighted by Crippen LogP contribution is -2.49. The van der Waals surface area contributed by atoms with Crippen molar-refractivity contribution in [1.82, 2.24) is 19.8 Å². The van der Waals surface area contributed by atoms with E-state index in [2.05, 4.69) is 22.4 Å². The van der Waals surface area contributed by atoms with E-state index in [-0.39, 0.29) is 11.9 Å². The molecule has 2 heterocycles. The summed E-state index contributed by atoms with van der Waals surface area (Å²) < 4.78 is 2.00. The van der Waals surface area contributed by atoms with Crippen LogP contribution in [0.4, 0.5) is 0 Å². The maximum atomic E-state index is 12.7. The van der Waals surface area contributed by atoms with Gasteiger partial charge in [0.25, 0.3) is 0 Å². The number of piperazine rings is 1. The molecular weight excluding hydrogens is 308 g/mol. The van der Waals surface area contributed by atoms with E-state index in [4.69, 9.17) is 0 Å².